The van der Waals surface area contributed by atoms with Crippen LogP contribution in [-0.2, 0) is 20.6 Å². The third-order valence-electron chi connectivity index (χ3n) is 4.16. The zero-order valence-electron chi connectivity index (χ0n) is 14.0. The van der Waals surface area contributed by atoms with E-state index < -0.39 is 0 Å². The van der Waals surface area contributed by atoms with Gasteiger partial charge in [-0.1, -0.05) is 6.92 Å². The second kappa shape index (κ2) is 7.90. The Kier molecular flexibility index (Phi) is 5.64. The maximum Gasteiger partial charge on any atom is 0.227 e. The summed E-state index contributed by atoms with van der Waals surface area (Å²) >= 11 is 0. The van der Waals surface area contributed by atoms with Crippen LogP contribution in [0.5, 0.6) is 0 Å². The molecule has 1 unspecified atom stereocenters. The van der Waals surface area contributed by atoms with Crippen molar-refractivity contribution >= 4 is 11.8 Å². The largest absolute Gasteiger partial charge is 0.378 e. The van der Waals surface area contributed by atoms with Gasteiger partial charge in [0.05, 0.1) is 39.1 Å². The van der Waals surface area contributed by atoms with Crippen molar-refractivity contribution in [1.82, 2.24) is 9.97 Å². The first kappa shape index (κ1) is 16.4. The van der Waals surface area contributed by atoms with Gasteiger partial charge in [-0.05, 0) is 6.42 Å². The Morgan fingerprint density at radius 1 is 1.17 bits per heavy atom. The van der Waals surface area contributed by atoms with Crippen LogP contribution in [0.2, 0.25) is 0 Å². The molecule has 0 spiro atoms. The molecule has 7 nitrogen and oxygen atoms in total. The molecule has 0 radical (unpaired) electrons. The summed E-state index contributed by atoms with van der Waals surface area (Å²) in [6.07, 6.45) is 0.990. The fourth-order valence-electron chi connectivity index (χ4n) is 2.79. The highest BCUT2D eigenvalue weighted by molar-refractivity contribution is 5.46. The van der Waals surface area contributed by atoms with Gasteiger partial charge < -0.3 is 24.0 Å². The van der Waals surface area contributed by atoms with E-state index in [-0.39, 0.29) is 6.10 Å². The van der Waals surface area contributed by atoms with Crippen LogP contribution in [0.1, 0.15) is 12.6 Å². The second-order valence-electron chi connectivity index (χ2n) is 5.92. The summed E-state index contributed by atoms with van der Waals surface area (Å²) in [5.74, 6) is 1.74. The summed E-state index contributed by atoms with van der Waals surface area (Å²) < 4.78 is 16.6. The maximum atomic E-state index is 5.74. The second-order valence-corrected chi connectivity index (χ2v) is 5.92. The quantitative estimate of drug-likeness (QED) is 0.792. The SMILES string of the molecule is CCc1cc(N(C)CC2COCCO2)nc(N2CCOCC2)n1. The monoisotopic (exact) mass is 322 g/mol. The predicted octanol–water partition coefficient (Wildman–Crippen LogP) is 0.727. The zero-order valence-corrected chi connectivity index (χ0v) is 14.0. The molecule has 0 saturated carbocycles. The number of nitrogens with zero attached hydrogens (tertiary/aromatic N) is 4. The fourth-order valence-corrected chi connectivity index (χ4v) is 2.79. The molecule has 0 aliphatic carbocycles. The van der Waals surface area contributed by atoms with Gasteiger partial charge in [-0.25, -0.2) is 4.98 Å². The van der Waals surface area contributed by atoms with Gasteiger partial charge in [0.15, 0.2) is 0 Å². The van der Waals surface area contributed by atoms with Gasteiger partial charge in [-0.15, -0.1) is 0 Å². The first-order valence-electron chi connectivity index (χ1n) is 8.37. The molecule has 2 aliphatic rings. The molecule has 2 saturated heterocycles. The minimum atomic E-state index is 0.0978. The van der Waals surface area contributed by atoms with E-state index in [1.165, 1.54) is 0 Å². The molecule has 2 fully saturated rings. The molecular formula is C16H26N4O3. The van der Waals surface area contributed by atoms with Crippen LogP contribution < -0.4 is 9.80 Å². The average Bonchev–Trinajstić information content (AvgIpc) is 2.63. The van der Waals surface area contributed by atoms with Crippen LogP contribution in [0, 0.1) is 0 Å². The average molecular weight is 322 g/mol. The van der Waals surface area contributed by atoms with Crippen molar-refractivity contribution in [2.75, 3.05) is 69.5 Å². The molecule has 128 valence electrons. The number of likely N-dealkylation sites (N-methyl/N-ethyl adjacent to an activating group) is 1. The fraction of sp³-hybridized carbons (Fsp3) is 0.750. The van der Waals surface area contributed by atoms with Gasteiger partial charge >= 0.3 is 0 Å². The molecule has 1 atom stereocenters. The minimum Gasteiger partial charge on any atom is -0.378 e. The minimum absolute atomic E-state index is 0.0978. The molecule has 2 aliphatic heterocycles. The van der Waals surface area contributed by atoms with Crippen molar-refractivity contribution in [3.63, 3.8) is 0 Å². The molecule has 1 aromatic heterocycles. The lowest BCUT2D eigenvalue weighted by Crippen LogP contribution is -2.40. The van der Waals surface area contributed by atoms with Crippen molar-refractivity contribution < 1.29 is 14.2 Å². The van der Waals surface area contributed by atoms with Crippen LogP contribution in [0.15, 0.2) is 6.07 Å². The van der Waals surface area contributed by atoms with Gasteiger partial charge in [0.25, 0.3) is 0 Å². The van der Waals surface area contributed by atoms with Gasteiger partial charge in [0, 0.05) is 38.4 Å². The van der Waals surface area contributed by atoms with Crippen LogP contribution in [0.3, 0.4) is 0 Å². The summed E-state index contributed by atoms with van der Waals surface area (Å²) in [5, 5.41) is 0. The topological polar surface area (TPSA) is 60.0 Å². The normalized spacial score (nSPS) is 22.2. The first-order valence-corrected chi connectivity index (χ1v) is 8.37. The number of aromatic nitrogens is 2. The molecule has 23 heavy (non-hydrogen) atoms. The standard InChI is InChI=1S/C16H26N4O3/c1-3-13-10-15(19(2)11-14-12-22-8-9-23-14)18-16(17-13)20-4-6-21-7-5-20/h10,14H,3-9,11-12H2,1-2H3. The van der Waals surface area contributed by atoms with Crippen LogP contribution in [-0.4, -0.2) is 75.8 Å². The van der Waals surface area contributed by atoms with Crippen LogP contribution in [0.4, 0.5) is 11.8 Å². The summed E-state index contributed by atoms with van der Waals surface area (Å²) in [6.45, 7) is 8.04. The highest BCUT2D eigenvalue weighted by Crippen LogP contribution is 2.19. The number of anilines is 2. The highest BCUT2D eigenvalue weighted by Gasteiger charge is 2.20. The van der Waals surface area contributed by atoms with E-state index in [2.05, 4.69) is 27.8 Å². The Morgan fingerprint density at radius 3 is 2.70 bits per heavy atom. The Morgan fingerprint density at radius 2 is 2.00 bits per heavy atom. The van der Waals surface area contributed by atoms with Crippen molar-refractivity contribution in [1.29, 1.82) is 0 Å². The molecular weight excluding hydrogens is 296 g/mol. The molecule has 0 amide bonds. The predicted molar refractivity (Wildman–Crippen MR) is 88.3 cm³/mol. The van der Waals surface area contributed by atoms with Gasteiger partial charge in [-0.3, -0.25) is 0 Å². The molecule has 3 heterocycles. The first-order chi connectivity index (χ1) is 11.3. The highest BCUT2D eigenvalue weighted by atomic mass is 16.6. The van der Waals surface area contributed by atoms with Gasteiger partial charge in [0.2, 0.25) is 5.95 Å². The Balaban J connectivity index is 1.74. The van der Waals surface area contributed by atoms with Crippen molar-refractivity contribution in [2.45, 2.75) is 19.4 Å². The van der Waals surface area contributed by atoms with E-state index in [0.717, 1.165) is 56.7 Å². The lowest BCUT2D eigenvalue weighted by molar-refractivity contribution is -0.0837. The maximum absolute atomic E-state index is 5.74. The Hall–Kier alpha value is -1.44. The molecule has 7 heteroatoms. The van der Waals surface area contributed by atoms with E-state index in [0.29, 0.717) is 19.8 Å². The summed E-state index contributed by atoms with van der Waals surface area (Å²) in [4.78, 5) is 13.8. The van der Waals surface area contributed by atoms with Crippen LogP contribution in [0.25, 0.3) is 0 Å². The third kappa shape index (κ3) is 4.31. The molecule has 1 aromatic rings. The van der Waals surface area contributed by atoms with Crippen LogP contribution >= 0.6 is 0 Å². The van der Waals surface area contributed by atoms with Crippen molar-refractivity contribution in [3.05, 3.63) is 11.8 Å². The number of rotatable bonds is 5. The molecule has 0 aromatic carbocycles. The smallest absolute Gasteiger partial charge is 0.227 e. The Bertz CT molecular complexity index is 502. The van der Waals surface area contributed by atoms with E-state index >= 15 is 0 Å². The Labute approximate surface area is 137 Å². The number of morpholine rings is 1. The van der Waals surface area contributed by atoms with E-state index in [4.69, 9.17) is 19.2 Å². The van der Waals surface area contributed by atoms with E-state index in [1.54, 1.807) is 0 Å². The van der Waals surface area contributed by atoms with E-state index in [1.807, 2.05) is 7.05 Å². The lowest BCUT2D eigenvalue weighted by atomic mass is 10.3. The number of ether oxygens (including phenoxy) is 3. The molecule has 3 rings (SSSR count). The summed E-state index contributed by atoms with van der Waals surface area (Å²) in [6, 6.07) is 2.06. The molecule has 0 N–H and O–H groups in total. The number of hydrogen-bond donors (Lipinski definition) is 0. The zero-order chi connectivity index (χ0) is 16.1. The third-order valence-corrected chi connectivity index (χ3v) is 4.16. The lowest BCUT2D eigenvalue weighted by Gasteiger charge is -2.30. The van der Waals surface area contributed by atoms with E-state index in [9.17, 15) is 0 Å². The van der Waals surface area contributed by atoms with Crippen molar-refractivity contribution in [2.24, 2.45) is 0 Å². The van der Waals surface area contributed by atoms with Gasteiger partial charge in [0.1, 0.15) is 5.82 Å². The number of aryl methyl sites for hydroxylation is 1. The summed E-state index contributed by atoms with van der Waals surface area (Å²) in [5.41, 5.74) is 1.06. The number of hydrogen-bond acceptors (Lipinski definition) is 7. The van der Waals surface area contributed by atoms with Gasteiger partial charge in [-0.2, -0.15) is 4.98 Å². The summed E-state index contributed by atoms with van der Waals surface area (Å²) in [7, 11) is 2.04. The van der Waals surface area contributed by atoms with Crippen molar-refractivity contribution in [3.8, 4) is 0 Å². The molecule has 0 bridgehead atoms.